The zero-order chi connectivity index (χ0) is 24.6. The van der Waals surface area contributed by atoms with Gasteiger partial charge >= 0.3 is 11.9 Å². The van der Waals surface area contributed by atoms with Crippen LogP contribution >= 0.6 is 0 Å². The van der Waals surface area contributed by atoms with Gasteiger partial charge in [0, 0.05) is 17.7 Å². The highest BCUT2D eigenvalue weighted by Gasteiger charge is 2.45. The molecule has 0 amide bonds. The van der Waals surface area contributed by atoms with Crippen molar-refractivity contribution in [2.45, 2.75) is 71.0 Å². The molecule has 1 unspecified atom stereocenters. The molecule has 0 spiro atoms. The Morgan fingerprint density at radius 2 is 1.62 bits per heavy atom. The molecule has 1 aliphatic carbocycles. The summed E-state index contributed by atoms with van der Waals surface area (Å²) in [5.74, 6) is -5.29. The van der Waals surface area contributed by atoms with Gasteiger partial charge in [-0.25, -0.2) is 13.2 Å². The van der Waals surface area contributed by atoms with E-state index in [1.54, 1.807) is 34.6 Å². The van der Waals surface area contributed by atoms with Crippen LogP contribution < -0.4 is 0 Å². The van der Waals surface area contributed by atoms with Crippen molar-refractivity contribution < 1.29 is 37.1 Å². The predicted molar refractivity (Wildman–Crippen MR) is 116 cm³/mol. The Labute approximate surface area is 188 Å². The molecule has 1 aromatic carbocycles. The average Bonchev–Trinajstić information content (AvgIpc) is 3.43. The highest BCUT2D eigenvalue weighted by molar-refractivity contribution is 7.90. The highest BCUT2D eigenvalue weighted by atomic mass is 32.2. The average molecular weight is 467 g/mol. The Bertz CT molecular complexity index is 1060. The lowest BCUT2D eigenvalue weighted by Gasteiger charge is -2.23. The number of carbonyl (C=O) groups excluding carboxylic acids is 4. The van der Waals surface area contributed by atoms with Crippen molar-refractivity contribution in [1.29, 1.82) is 0 Å². The first-order valence-corrected chi connectivity index (χ1v) is 12.3. The highest BCUT2D eigenvalue weighted by Crippen LogP contribution is 2.35. The van der Waals surface area contributed by atoms with Crippen molar-refractivity contribution in [2.75, 3.05) is 6.26 Å². The van der Waals surface area contributed by atoms with Gasteiger partial charge in [0.05, 0.1) is 16.6 Å². The molecule has 0 heterocycles. The summed E-state index contributed by atoms with van der Waals surface area (Å²) in [4.78, 5) is 51.5. The van der Waals surface area contributed by atoms with E-state index in [1.165, 1.54) is 13.0 Å². The van der Waals surface area contributed by atoms with Crippen LogP contribution in [-0.2, 0) is 28.9 Å². The van der Waals surface area contributed by atoms with Gasteiger partial charge in [-0.1, -0.05) is 0 Å². The summed E-state index contributed by atoms with van der Waals surface area (Å²) >= 11 is 0. The van der Waals surface area contributed by atoms with Crippen LogP contribution in [0.15, 0.2) is 17.0 Å². The maximum absolute atomic E-state index is 13.4. The van der Waals surface area contributed by atoms with Gasteiger partial charge in [0.25, 0.3) is 0 Å². The number of hydrogen-bond acceptors (Lipinski definition) is 8. The molecule has 1 atom stereocenters. The Morgan fingerprint density at radius 1 is 1.06 bits per heavy atom. The third-order valence-corrected chi connectivity index (χ3v) is 5.95. The van der Waals surface area contributed by atoms with Crippen molar-refractivity contribution in [2.24, 2.45) is 11.8 Å². The molecule has 0 aliphatic heterocycles. The van der Waals surface area contributed by atoms with E-state index in [9.17, 15) is 27.6 Å². The van der Waals surface area contributed by atoms with Crippen molar-refractivity contribution in [3.8, 4) is 0 Å². The molecule has 1 aromatic rings. The third kappa shape index (κ3) is 6.03. The lowest BCUT2D eigenvalue weighted by atomic mass is 9.88. The van der Waals surface area contributed by atoms with Crippen LogP contribution in [-0.4, -0.2) is 49.9 Å². The van der Waals surface area contributed by atoms with E-state index >= 15 is 0 Å². The number of Topliss-reactive ketones (excluding diaryl/α,β-unsaturated/α-hetero) is 2. The molecule has 1 saturated carbocycles. The van der Waals surface area contributed by atoms with E-state index in [-0.39, 0.29) is 21.6 Å². The van der Waals surface area contributed by atoms with Crippen molar-refractivity contribution in [1.82, 2.24) is 0 Å². The lowest BCUT2D eigenvalue weighted by Crippen LogP contribution is -2.38. The maximum atomic E-state index is 13.4. The number of esters is 2. The summed E-state index contributed by atoms with van der Waals surface area (Å²) in [7, 11) is -3.83. The molecule has 8 nitrogen and oxygen atoms in total. The third-order valence-electron chi connectivity index (χ3n) is 4.81. The fourth-order valence-electron chi connectivity index (χ4n) is 3.26. The van der Waals surface area contributed by atoms with Crippen molar-refractivity contribution in [3.05, 3.63) is 28.8 Å². The Balaban J connectivity index is 2.62. The van der Waals surface area contributed by atoms with Crippen LogP contribution in [0.3, 0.4) is 0 Å². The largest absolute Gasteiger partial charge is 0.459 e. The summed E-state index contributed by atoms with van der Waals surface area (Å²) in [5.41, 5.74) is -1.27. The second-order valence-electron chi connectivity index (χ2n) is 9.34. The molecule has 0 N–H and O–H groups in total. The van der Waals surface area contributed by atoms with Crippen LogP contribution in [0.5, 0.6) is 0 Å². The monoisotopic (exact) mass is 466 g/mol. The fraction of sp³-hybridized carbons (Fsp3) is 0.565. The number of ether oxygens (including phenoxy) is 2. The number of rotatable bonds is 8. The van der Waals surface area contributed by atoms with Gasteiger partial charge in [0.1, 0.15) is 5.60 Å². The SMILES string of the molecule is Cc1c(C(=O)C(C(=O)OC(C)(C)C)C(=O)C2CC2)ccc(S(C)(=O)=O)c1C(=O)OC(C)C. The second kappa shape index (κ2) is 9.13. The minimum Gasteiger partial charge on any atom is -0.459 e. The molecule has 9 heteroatoms. The first kappa shape index (κ1) is 25.7. The van der Waals surface area contributed by atoms with Crippen LogP contribution in [0.25, 0.3) is 0 Å². The first-order chi connectivity index (χ1) is 14.5. The minimum absolute atomic E-state index is 0.0285. The Kier molecular flexibility index (Phi) is 7.34. The summed E-state index contributed by atoms with van der Waals surface area (Å²) in [6.07, 6.45) is 1.59. The van der Waals surface area contributed by atoms with Crippen LogP contribution in [0.2, 0.25) is 0 Å². The fourth-order valence-corrected chi connectivity index (χ4v) is 4.18. The number of benzene rings is 1. The lowest BCUT2D eigenvalue weighted by molar-refractivity contribution is -0.160. The van der Waals surface area contributed by atoms with Gasteiger partial charge in [-0.15, -0.1) is 0 Å². The van der Waals surface area contributed by atoms with Crippen molar-refractivity contribution >= 4 is 33.3 Å². The smallest absolute Gasteiger partial charge is 0.340 e. The van der Waals surface area contributed by atoms with Crippen molar-refractivity contribution in [3.63, 3.8) is 0 Å². The van der Waals surface area contributed by atoms with Gasteiger partial charge in [-0.05, 0) is 72.1 Å². The van der Waals surface area contributed by atoms with E-state index in [0.717, 1.165) is 12.3 Å². The molecule has 1 fully saturated rings. The molecule has 0 saturated heterocycles. The summed E-state index contributed by atoms with van der Waals surface area (Å²) < 4.78 is 35.0. The number of sulfone groups is 1. The minimum atomic E-state index is -3.83. The van der Waals surface area contributed by atoms with E-state index in [1.807, 2.05) is 0 Å². The molecular weight excluding hydrogens is 436 g/mol. The van der Waals surface area contributed by atoms with Crippen LogP contribution in [0.1, 0.15) is 73.7 Å². The normalized spacial score (nSPS) is 15.2. The Hall–Kier alpha value is -2.55. The zero-order valence-corrected chi connectivity index (χ0v) is 20.3. The molecule has 0 radical (unpaired) electrons. The molecule has 176 valence electrons. The quantitative estimate of drug-likeness (QED) is 0.326. The summed E-state index contributed by atoms with van der Waals surface area (Å²) in [6.45, 7) is 9.48. The number of carbonyl (C=O) groups is 4. The van der Waals surface area contributed by atoms with Crippen LogP contribution in [0.4, 0.5) is 0 Å². The molecular formula is C23H30O8S. The number of hydrogen-bond donors (Lipinski definition) is 0. The van der Waals surface area contributed by atoms with Gasteiger partial charge < -0.3 is 9.47 Å². The summed E-state index contributed by atoms with van der Waals surface area (Å²) in [6, 6.07) is 2.35. The van der Waals surface area contributed by atoms with E-state index in [0.29, 0.717) is 12.8 Å². The molecule has 2 rings (SSSR count). The predicted octanol–water partition coefficient (Wildman–Crippen LogP) is 3.08. The first-order valence-electron chi connectivity index (χ1n) is 10.4. The van der Waals surface area contributed by atoms with Crippen LogP contribution in [0, 0.1) is 18.8 Å². The van der Waals surface area contributed by atoms with Gasteiger partial charge in [0.15, 0.2) is 27.3 Å². The zero-order valence-electron chi connectivity index (χ0n) is 19.5. The Morgan fingerprint density at radius 3 is 2.06 bits per heavy atom. The second-order valence-corrected chi connectivity index (χ2v) is 11.3. The molecule has 0 bridgehead atoms. The summed E-state index contributed by atoms with van der Waals surface area (Å²) in [5, 5.41) is 0. The number of ketones is 2. The molecule has 32 heavy (non-hydrogen) atoms. The van der Waals surface area contributed by atoms with E-state index in [2.05, 4.69) is 0 Å². The van der Waals surface area contributed by atoms with E-state index < -0.39 is 56.9 Å². The van der Waals surface area contributed by atoms with Gasteiger partial charge in [-0.2, -0.15) is 0 Å². The maximum Gasteiger partial charge on any atom is 0.340 e. The topological polar surface area (TPSA) is 121 Å². The van der Waals surface area contributed by atoms with Gasteiger partial charge in [-0.3, -0.25) is 14.4 Å². The standard InChI is InChI=1S/C23H30O8S/c1-12(2)30-21(26)17-13(3)15(10-11-16(17)32(7,28)29)20(25)18(19(24)14-8-9-14)22(27)31-23(4,5)6/h10-12,14,18H,8-9H2,1-7H3. The van der Waals surface area contributed by atoms with E-state index in [4.69, 9.17) is 9.47 Å². The molecule has 0 aromatic heterocycles. The van der Waals surface area contributed by atoms with Gasteiger partial charge in [0.2, 0.25) is 0 Å². The molecule has 1 aliphatic rings.